The van der Waals surface area contributed by atoms with Crippen molar-refractivity contribution in [3.63, 3.8) is 0 Å². The van der Waals surface area contributed by atoms with Crippen molar-refractivity contribution in [2.45, 2.75) is 56.9 Å². The largest absolute Gasteiger partial charge is 0.474 e. The molecule has 0 spiro atoms. The average molecular weight is 296 g/mol. The smallest absolute Gasteiger partial charge is 0.200 e. The summed E-state index contributed by atoms with van der Waals surface area (Å²) in [6.07, 6.45) is 10.7. The highest BCUT2D eigenvalue weighted by Crippen LogP contribution is 2.53. The van der Waals surface area contributed by atoms with E-state index >= 15 is 0 Å². The zero-order valence-corrected chi connectivity index (χ0v) is 12.8. The molecular formula is C18H20N2O2. The van der Waals surface area contributed by atoms with Crippen molar-refractivity contribution in [1.29, 1.82) is 0 Å². The van der Waals surface area contributed by atoms with Crippen molar-refractivity contribution in [2.24, 2.45) is 15.4 Å². The van der Waals surface area contributed by atoms with Gasteiger partial charge < -0.3 is 9.47 Å². The van der Waals surface area contributed by atoms with Gasteiger partial charge in [0, 0.05) is 12.8 Å². The Morgan fingerprint density at radius 3 is 2.27 bits per heavy atom. The van der Waals surface area contributed by atoms with Crippen LogP contribution in [0.15, 0.2) is 45.9 Å². The van der Waals surface area contributed by atoms with Crippen LogP contribution >= 0.6 is 0 Å². The second-order valence-electron chi connectivity index (χ2n) is 7.11. The summed E-state index contributed by atoms with van der Waals surface area (Å²) in [7, 11) is 0. The van der Waals surface area contributed by atoms with Gasteiger partial charge in [-0.2, -0.15) is 0 Å². The fourth-order valence-electron chi connectivity index (χ4n) is 4.00. The van der Waals surface area contributed by atoms with Crippen molar-refractivity contribution in [3.8, 4) is 0 Å². The number of hydrogen-bond donors (Lipinski definition) is 0. The summed E-state index contributed by atoms with van der Waals surface area (Å²) < 4.78 is 12.3. The Hall–Kier alpha value is -1.84. The number of ether oxygens (including phenoxy) is 2. The maximum Gasteiger partial charge on any atom is 0.200 e. The lowest BCUT2D eigenvalue weighted by atomic mass is 10.1. The minimum absolute atomic E-state index is 0.154. The molecule has 4 heteroatoms. The van der Waals surface area contributed by atoms with Crippen LogP contribution in [0.3, 0.4) is 0 Å². The van der Waals surface area contributed by atoms with Crippen LogP contribution in [0.4, 0.5) is 0 Å². The van der Waals surface area contributed by atoms with Gasteiger partial charge in [-0.05, 0) is 25.3 Å². The van der Waals surface area contributed by atoms with Gasteiger partial charge in [0.05, 0.1) is 0 Å². The molecule has 4 nitrogen and oxygen atoms in total. The lowest BCUT2D eigenvalue weighted by Gasteiger charge is -2.18. The van der Waals surface area contributed by atoms with E-state index in [9.17, 15) is 0 Å². The minimum atomic E-state index is -0.154. The van der Waals surface area contributed by atoms with Crippen molar-refractivity contribution in [2.75, 3.05) is 0 Å². The quantitative estimate of drug-likeness (QED) is 0.751. The highest BCUT2D eigenvalue weighted by molar-refractivity contribution is 6.09. The Morgan fingerprint density at radius 1 is 1.09 bits per heavy atom. The number of fused-ring (bicyclic) bond motifs is 2. The second kappa shape index (κ2) is 4.12. The number of allylic oxidation sites excluding steroid dienone is 1. The molecule has 4 atom stereocenters. The number of nitrogens with zero attached hydrogens (tertiary/aromatic N) is 2. The average Bonchev–Trinajstić information content (AvgIpc) is 2.77. The molecule has 5 aliphatic rings. The molecule has 0 N–H and O–H groups in total. The molecule has 3 aliphatic carbocycles. The number of rotatable bonds is 3. The van der Waals surface area contributed by atoms with Crippen LogP contribution in [-0.4, -0.2) is 36.1 Å². The van der Waals surface area contributed by atoms with Gasteiger partial charge in [-0.15, -0.1) is 0 Å². The lowest BCUT2D eigenvalue weighted by molar-refractivity contribution is 0.188. The molecule has 114 valence electrons. The molecule has 0 saturated heterocycles. The first-order chi connectivity index (χ1) is 10.7. The molecule has 0 aromatic heterocycles. The van der Waals surface area contributed by atoms with Crippen LogP contribution in [0.1, 0.15) is 32.6 Å². The summed E-state index contributed by atoms with van der Waals surface area (Å²) in [6, 6.07) is 0.366. The zero-order chi connectivity index (χ0) is 14.9. The molecule has 1 fully saturated rings. The molecular weight excluding hydrogens is 276 g/mol. The maximum absolute atomic E-state index is 6.17. The molecule has 2 heterocycles. The molecule has 0 aromatic carbocycles. The van der Waals surface area contributed by atoms with E-state index in [4.69, 9.17) is 19.5 Å². The Kier molecular flexibility index (Phi) is 2.37. The standard InChI is InChI=1S/C18H20N2O2/c1-3-11-8-13-15(9-11)22-17(20-13)18(4-5-18)16-19-12-6-10(2)7-14(12)21-16/h3,6,8,12-15H,1,4-5,7,9H2,2H3/t12-,13-,14+,15+/m1/s1. The van der Waals surface area contributed by atoms with E-state index in [1.807, 2.05) is 6.08 Å². The van der Waals surface area contributed by atoms with Gasteiger partial charge in [0.25, 0.3) is 0 Å². The molecule has 22 heavy (non-hydrogen) atoms. The van der Waals surface area contributed by atoms with E-state index in [0.717, 1.165) is 37.5 Å². The highest BCUT2D eigenvalue weighted by atomic mass is 16.5. The van der Waals surface area contributed by atoms with Gasteiger partial charge in [-0.3, -0.25) is 0 Å². The molecule has 0 radical (unpaired) electrons. The summed E-state index contributed by atoms with van der Waals surface area (Å²) in [5, 5.41) is 0. The summed E-state index contributed by atoms with van der Waals surface area (Å²) in [5.74, 6) is 1.74. The fraction of sp³-hybridized carbons (Fsp3) is 0.556. The normalized spacial score (nSPS) is 39.9. The van der Waals surface area contributed by atoms with Crippen LogP contribution in [-0.2, 0) is 9.47 Å². The first-order valence-electron chi connectivity index (χ1n) is 8.18. The van der Waals surface area contributed by atoms with Crippen molar-refractivity contribution < 1.29 is 9.47 Å². The van der Waals surface area contributed by atoms with E-state index in [1.165, 1.54) is 11.1 Å². The van der Waals surface area contributed by atoms with Crippen molar-refractivity contribution in [1.82, 2.24) is 0 Å². The fourth-order valence-corrected chi connectivity index (χ4v) is 4.00. The van der Waals surface area contributed by atoms with Gasteiger partial charge in [0.15, 0.2) is 11.8 Å². The van der Waals surface area contributed by atoms with Crippen molar-refractivity contribution >= 4 is 11.8 Å². The molecule has 0 amide bonds. The topological polar surface area (TPSA) is 43.2 Å². The van der Waals surface area contributed by atoms with Gasteiger partial charge >= 0.3 is 0 Å². The molecule has 2 aliphatic heterocycles. The van der Waals surface area contributed by atoms with Crippen LogP contribution in [0, 0.1) is 5.41 Å². The van der Waals surface area contributed by atoms with E-state index in [2.05, 4.69) is 25.7 Å². The highest BCUT2D eigenvalue weighted by Gasteiger charge is 2.60. The Morgan fingerprint density at radius 2 is 1.73 bits per heavy atom. The summed E-state index contributed by atoms with van der Waals surface area (Å²) in [5.41, 5.74) is 2.47. The van der Waals surface area contributed by atoms with Crippen LogP contribution in [0.25, 0.3) is 0 Å². The van der Waals surface area contributed by atoms with Crippen LogP contribution < -0.4 is 0 Å². The predicted octanol–water partition coefficient (Wildman–Crippen LogP) is 2.96. The third-order valence-electron chi connectivity index (χ3n) is 5.45. The summed E-state index contributed by atoms with van der Waals surface area (Å²) in [4.78, 5) is 9.66. The minimum Gasteiger partial charge on any atom is -0.474 e. The molecule has 5 rings (SSSR count). The van der Waals surface area contributed by atoms with Crippen LogP contribution in [0.2, 0.25) is 0 Å². The van der Waals surface area contributed by atoms with E-state index < -0.39 is 0 Å². The molecule has 1 saturated carbocycles. The van der Waals surface area contributed by atoms with Gasteiger partial charge in [0.1, 0.15) is 29.7 Å². The molecule has 0 aromatic rings. The lowest BCUT2D eigenvalue weighted by Crippen LogP contribution is -2.29. The number of hydrogen-bond acceptors (Lipinski definition) is 4. The first kappa shape index (κ1) is 12.7. The predicted molar refractivity (Wildman–Crippen MR) is 85.1 cm³/mol. The Balaban J connectivity index is 1.41. The monoisotopic (exact) mass is 296 g/mol. The third-order valence-corrected chi connectivity index (χ3v) is 5.45. The van der Waals surface area contributed by atoms with Gasteiger partial charge in [0.2, 0.25) is 0 Å². The van der Waals surface area contributed by atoms with E-state index in [1.54, 1.807) is 0 Å². The summed E-state index contributed by atoms with van der Waals surface area (Å²) >= 11 is 0. The summed E-state index contributed by atoms with van der Waals surface area (Å²) in [6.45, 7) is 5.99. The zero-order valence-electron chi connectivity index (χ0n) is 12.8. The third kappa shape index (κ3) is 1.64. The van der Waals surface area contributed by atoms with Crippen molar-refractivity contribution in [3.05, 3.63) is 36.0 Å². The van der Waals surface area contributed by atoms with E-state index in [-0.39, 0.29) is 29.7 Å². The maximum atomic E-state index is 6.17. The second-order valence-corrected chi connectivity index (χ2v) is 7.11. The van der Waals surface area contributed by atoms with Gasteiger partial charge in [-0.1, -0.05) is 30.4 Å². The molecule has 0 bridgehead atoms. The van der Waals surface area contributed by atoms with E-state index in [0.29, 0.717) is 0 Å². The van der Waals surface area contributed by atoms with Crippen LogP contribution in [0.5, 0.6) is 0 Å². The van der Waals surface area contributed by atoms with Gasteiger partial charge in [-0.25, -0.2) is 9.98 Å². The number of aliphatic imine (C=N–C) groups is 2. The molecule has 0 unspecified atom stereocenters. The first-order valence-corrected chi connectivity index (χ1v) is 8.18. The Bertz CT molecular complexity index is 681. The Labute approximate surface area is 130 Å². The SMILES string of the molecule is C=CC1=C[C@H]2N=C(C3(C4=N[C@@H]5C=C(C)C[C@@H]5O4)CC3)O[C@H]2C1.